The van der Waals surface area contributed by atoms with Gasteiger partial charge < -0.3 is 9.80 Å². The first-order valence-corrected chi connectivity index (χ1v) is 25.4. The highest BCUT2D eigenvalue weighted by Gasteiger charge is 2.48. The van der Waals surface area contributed by atoms with Gasteiger partial charge in [0.1, 0.15) is 0 Å². The number of fused-ring (bicyclic) bond motifs is 9. The average Bonchev–Trinajstić information content (AvgIpc) is 3.60. The van der Waals surface area contributed by atoms with Crippen molar-refractivity contribution >= 4 is 78.0 Å². The second-order valence-corrected chi connectivity index (χ2v) is 26.9. The SMILES string of the molecule is CC(C)(C)c1ccc2c(c1)N(c1ccc3c(c1)C(C)(C)CCC3(C)C)c1cccc3c1B2c1sc2cc4c(cc2c1N3c1ccc2c(c1)C(C)(C)CCC2(C)C)C(C)(C)CCC4(C)C. The van der Waals surface area contributed by atoms with Crippen molar-refractivity contribution in [3.63, 3.8) is 0 Å². The summed E-state index contributed by atoms with van der Waals surface area (Å²) in [4.78, 5) is 5.39. The number of thiophene rings is 1. The molecule has 0 fully saturated rings. The van der Waals surface area contributed by atoms with Crippen LogP contribution in [0.25, 0.3) is 10.1 Å². The molecule has 5 aromatic carbocycles. The molecule has 0 radical (unpaired) electrons. The molecule has 3 aliphatic carbocycles. The van der Waals surface area contributed by atoms with Crippen molar-refractivity contribution < 1.29 is 0 Å². The van der Waals surface area contributed by atoms with Crippen molar-refractivity contribution in [1.82, 2.24) is 0 Å². The van der Waals surface area contributed by atoms with Crippen molar-refractivity contribution in [2.75, 3.05) is 9.80 Å². The Bertz CT molecular complexity index is 2960. The molecule has 6 aromatic rings. The molecule has 3 heterocycles. The van der Waals surface area contributed by atoms with E-state index in [0.29, 0.717) is 0 Å². The minimum atomic E-state index is 0.00426. The van der Waals surface area contributed by atoms with Crippen LogP contribution in [0.2, 0.25) is 0 Å². The van der Waals surface area contributed by atoms with Gasteiger partial charge in [0.15, 0.2) is 0 Å². The van der Waals surface area contributed by atoms with Crippen LogP contribution in [0.15, 0.2) is 84.9 Å². The summed E-state index contributed by atoms with van der Waals surface area (Å²) in [6, 6.07) is 35.1. The van der Waals surface area contributed by atoms with Gasteiger partial charge in [-0.25, -0.2) is 0 Å². The molecule has 0 spiro atoms. The first-order chi connectivity index (χ1) is 29.8. The average molecular weight is 863 g/mol. The number of rotatable bonds is 2. The summed E-state index contributed by atoms with van der Waals surface area (Å²) in [7, 11) is 0. The molecule has 0 amide bonds. The Hall–Kier alpha value is -4.28. The van der Waals surface area contributed by atoms with E-state index in [1.54, 1.807) is 5.56 Å². The van der Waals surface area contributed by atoms with E-state index < -0.39 is 0 Å². The molecule has 11 rings (SSSR count). The van der Waals surface area contributed by atoms with E-state index in [1.165, 1.54) is 132 Å². The fourth-order valence-corrected chi connectivity index (χ4v) is 14.3. The van der Waals surface area contributed by atoms with Crippen molar-refractivity contribution in [2.45, 2.75) is 180 Å². The third-order valence-electron chi connectivity index (χ3n) is 17.6. The van der Waals surface area contributed by atoms with Crippen LogP contribution in [-0.2, 0) is 37.9 Å². The Morgan fingerprint density at radius 2 is 0.922 bits per heavy atom. The van der Waals surface area contributed by atoms with E-state index in [9.17, 15) is 0 Å². The van der Waals surface area contributed by atoms with Crippen molar-refractivity contribution in [3.05, 3.63) is 124 Å². The molecule has 2 aliphatic heterocycles. The van der Waals surface area contributed by atoms with E-state index >= 15 is 0 Å². The van der Waals surface area contributed by atoms with Crippen LogP contribution in [0.1, 0.15) is 181 Å². The molecule has 0 atom stereocenters. The Kier molecular flexibility index (Phi) is 8.74. The summed E-state index contributed by atoms with van der Waals surface area (Å²) in [5.41, 5.74) is 22.0. The minimum absolute atomic E-state index is 0.00426. The molecule has 0 saturated carbocycles. The summed E-state index contributed by atoms with van der Waals surface area (Å²) in [6.07, 6.45) is 7.23. The Morgan fingerprint density at radius 1 is 0.469 bits per heavy atom. The zero-order valence-corrected chi connectivity index (χ0v) is 42.5. The first-order valence-electron chi connectivity index (χ1n) is 24.6. The van der Waals surface area contributed by atoms with Gasteiger partial charge in [-0.05, 0) is 181 Å². The normalized spacial score (nSPS) is 21.3. The molecular weight excluding hydrogens is 792 g/mol. The van der Waals surface area contributed by atoms with Gasteiger partial charge in [0.05, 0.1) is 5.69 Å². The Balaban J connectivity index is 1.24. The predicted octanol–water partition coefficient (Wildman–Crippen LogP) is 15.3. The second kappa shape index (κ2) is 13.2. The van der Waals surface area contributed by atoms with Crippen LogP contribution in [-0.4, -0.2) is 6.71 Å². The molecule has 0 N–H and O–H groups in total. The summed E-state index contributed by atoms with van der Waals surface area (Å²) in [5, 5.41) is 1.41. The topological polar surface area (TPSA) is 6.48 Å². The summed E-state index contributed by atoms with van der Waals surface area (Å²) >= 11 is 2.07. The third kappa shape index (κ3) is 6.02. The maximum absolute atomic E-state index is 2.72. The van der Waals surface area contributed by atoms with Crippen LogP contribution in [0, 0.1) is 0 Å². The molecule has 64 heavy (non-hydrogen) atoms. The van der Waals surface area contributed by atoms with Gasteiger partial charge in [0, 0.05) is 43.3 Å². The molecule has 0 bridgehead atoms. The number of hydrogen-bond acceptors (Lipinski definition) is 3. The van der Waals surface area contributed by atoms with E-state index in [-0.39, 0.29) is 44.6 Å². The van der Waals surface area contributed by atoms with Gasteiger partial charge in [-0.1, -0.05) is 134 Å². The molecular formula is C60H71BN2S. The highest BCUT2D eigenvalue weighted by atomic mass is 32.1. The summed E-state index contributed by atoms with van der Waals surface area (Å²) in [6.45, 7) is 36.8. The van der Waals surface area contributed by atoms with Gasteiger partial charge in [0.2, 0.25) is 0 Å². The fraction of sp³-hybridized carbons (Fsp3) is 0.467. The van der Waals surface area contributed by atoms with Gasteiger partial charge >= 0.3 is 0 Å². The lowest BCUT2D eigenvalue weighted by atomic mass is 9.36. The third-order valence-corrected chi connectivity index (χ3v) is 18.8. The molecule has 4 heteroatoms. The first kappa shape index (κ1) is 42.4. The van der Waals surface area contributed by atoms with E-state index in [2.05, 4.69) is 210 Å². The molecule has 0 unspecified atom stereocenters. The predicted molar refractivity (Wildman–Crippen MR) is 280 cm³/mol. The van der Waals surface area contributed by atoms with Crippen LogP contribution in [0.3, 0.4) is 0 Å². The van der Waals surface area contributed by atoms with E-state index in [4.69, 9.17) is 0 Å². The van der Waals surface area contributed by atoms with Crippen molar-refractivity contribution in [2.24, 2.45) is 0 Å². The van der Waals surface area contributed by atoms with Gasteiger partial charge in [-0.2, -0.15) is 0 Å². The van der Waals surface area contributed by atoms with Gasteiger partial charge in [-0.3, -0.25) is 0 Å². The lowest BCUT2D eigenvalue weighted by Crippen LogP contribution is -2.60. The van der Waals surface area contributed by atoms with Crippen LogP contribution in [0.5, 0.6) is 0 Å². The maximum atomic E-state index is 2.72. The molecule has 330 valence electrons. The van der Waals surface area contributed by atoms with Crippen molar-refractivity contribution in [3.8, 4) is 0 Å². The zero-order valence-electron chi connectivity index (χ0n) is 41.7. The number of hydrogen-bond donors (Lipinski definition) is 0. The maximum Gasteiger partial charge on any atom is 0.264 e. The van der Waals surface area contributed by atoms with E-state index in [0.717, 1.165) is 0 Å². The van der Waals surface area contributed by atoms with Crippen LogP contribution < -0.4 is 25.5 Å². The minimum Gasteiger partial charge on any atom is -0.311 e. The molecule has 2 nitrogen and oxygen atoms in total. The highest BCUT2D eigenvalue weighted by molar-refractivity contribution is 7.33. The van der Waals surface area contributed by atoms with Gasteiger partial charge in [-0.15, -0.1) is 11.3 Å². The smallest absolute Gasteiger partial charge is 0.264 e. The highest BCUT2D eigenvalue weighted by Crippen LogP contribution is 2.55. The lowest BCUT2D eigenvalue weighted by molar-refractivity contribution is 0.332. The standard InChI is InChI=1S/C60H71BN2S/c1-54(2,3)36-19-24-46-49(31-36)62(37-20-22-40-42(32-37)57(8,9)27-25-55(40,4)5)47-17-16-18-48-51(47)61(46)53-52(39-34-44-45(35-50(39)64-53)60(14,15)30-29-59(44,12)13)63(48)38-21-23-41-43(33-38)58(10,11)28-26-56(41,6)7/h16-24,31-35H,25-30H2,1-15H3. The second-order valence-electron chi connectivity index (χ2n) is 25.8. The fourth-order valence-electron chi connectivity index (χ4n) is 12.9. The summed E-state index contributed by atoms with van der Waals surface area (Å²) in [5.74, 6) is 0. The molecule has 0 saturated heterocycles. The zero-order chi connectivity index (χ0) is 45.5. The van der Waals surface area contributed by atoms with E-state index in [1.807, 2.05) is 0 Å². The summed E-state index contributed by atoms with van der Waals surface area (Å²) < 4.78 is 2.89. The monoisotopic (exact) mass is 863 g/mol. The molecule has 1 aromatic heterocycles. The van der Waals surface area contributed by atoms with Crippen LogP contribution >= 0.6 is 11.3 Å². The number of anilines is 6. The van der Waals surface area contributed by atoms with Crippen molar-refractivity contribution in [1.29, 1.82) is 0 Å². The number of nitrogens with zero attached hydrogens (tertiary/aromatic N) is 2. The quantitative estimate of drug-likeness (QED) is 0.160. The Morgan fingerprint density at radius 3 is 1.44 bits per heavy atom. The van der Waals surface area contributed by atoms with Crippen LogP contribution in [0.4, 0.5) is 34.1 Å². The lowest BCUT2D eigenvalue weighted by Gasteiger charge is -2.46. The van der Waals surface area contributed by atoms with Gasteiger partial charge in [0.25, 0.3) is 6.71 Å². The Labute approximate surface area is 390 Å². The largest absolute Gasteiger partial charge is 0.311 e. The molecule has 5 aliphatic rings. The number of benzene rings is 5.